The van der Waals surface area contributed by atoms with Crippen LogP contribution in [0, 0.1) is 11.3 Å². The summed E-state index contributed by atoms with van der Waals surface area (Å²) in [7, 11) is 0. The molecule has 122 valence electrons. The number of piperidine rings is 1. The lowest BCUT2D eigenvalue weighted by atomic mass is 9.70. The molecule has 0 aromatic heterocycles. The second-order valence-corrected chi connectivity index (χ2v) is 8.37. The molecule has 0 amide bonds. The number of hydrogen-bond acceptors (Lipinski definition) is 2. The lowest BCUT2D eigenvalue weighted by molar-refractivity contribution is 0.0443. The van der Waals surface area contributed by atoms with Crippen molar-refractivity contribution in [1.82, 2.24) is 10.2 Å². The molecule has 0 aromatic rings. The fourth-order valence-corrected chi connectivity index (χ4v) is 4.57. The van der Waals surface area contributed by atoms with E-state index in [9.17, 15) is 0 Å². The third-order valence-corrected chi connectivity index (χ3v) is 6.44. The Morgan fingerprint density at radius 1 is 1.05 bits per heavy atom. The first-order valence-electron chi connectivity index (χ1n) is 9.68. The predicted octanol–water partition coefficient (Wildman–Crippen LogP) is 4.20. The van der Waals surface area contributed by atoms with Crippen LogP contribution in [0.5, 0.6) is 0 Å². The van der Waals surface area contributed by atoms with E-state index in [1.165, 1.54) is 83.8 Å². The van der Waals surface area contributed by atoms with Crippen molar-refractivity contribution in [3.05, 3.63) is 0 Å². The highest BCUT2D eigenvalue weighted by molar-refractivity contribution is 4.94. The molecule has 21 heavy (non-hydrogen) atoms. The second-order valence-electron chi connectivity index (χ2n) is 8.37. The van der Waals surface area contributed by atoms with Gasteiger partial charge in [0.15, 0.2) is 0 Å². The van der Waals surface area contributed by atoms with Gasteiger partial charge in [-0.25, -0.2) is 0 Å². The first kappa shape index (κ1) is 15.8. The van der Waals surface area contributed by atoms with Crippen LogP contribution in [0.1, 0.15) is 78.1 Å². The summed E-state index contributed by atoms with van der Waals surface area (Å²) in [5.41, 5.74) is 0.583. The van der Waals surface area contributed by atoms with E-state index >= 15 is 0 Å². The minimum absolute atomic E-state index is 0.583. The monoisotopic (exact) mass is 292 g/mol. The molecule has 0 spiro atoms. The molecule has 3 aliphatic rings. The number of hydrogen-bond donors (Lipinski definition) is 1. The lowest BCUT2D eigenvalue weighted by Crippen LogP contribution is -2.50. The van der Waals surface area contributed by atoms with Crippen LogP contribution < -0.4 is 5.32 Å². The highest BCUT2D eigenvalue weighted by atomic mass is 15.2. The quantitative estimate of drug-likeness (QED) is 0.789. The van der Waals surface area contributed by atoms with Crippen LogP contribution >= 0.6 is 0 Å². The van der Waals surface area contributed by atoms with Gasteiger partial charge in [0, 0.05) is 25.2 Å². The minimum atomic E-state index is 0.583. The number of rotatable bonds is 6. The van der Waals surface area contributed by atoms with E-state index in [2.05, 4.69) is 24.1 Å². The molecule has 2 heteroatoms. The normalized spacial score (nSPS) is 38.6. The molecule has 0 aromatic carbocycles. The van der Waals surface area contributed by atoms with Gasteiger partial charge in [0.25, 0.3) is 0 Å². The van der Waals surface area contributed by atoms with E-state index in [1.54, 1.807) is 0 Å². The van der Waals surface area contributed by atoms with Gasteiger partial charge in [0.1, 0.15) is 0 Å². The molecule has 0 bridgehead atoms. The topological polar surface area (TPSA) is 15.3 Å². The Hall–Kier alpha value is -0.0800. The first-order chi connectivity index (χ1) is 10.2. The first-order valence-corrected chi connectivity index (χ1v) is 9.68. The summed E-state index contributed by atoms with van der Waals surface area (Å²) in [6, 6.07) is 1.74. The molecule has 1 aliphatic heterocycles. The van der Waals surface area contributed by atoms with Crippen LogP contribution in [0.4, 0.5) is 0 Å². The number of nitrogens with zero attached hydrogens (tertiary/aromatic N) is 1. The van der Waals surface area contributed by atoms with Gasteiger partial charge in [-0.2, -0.15) is 0 Å². The van der Waals surface area contributed by atoms with Crippen molar-refractivity contribution in [1.29, 1.82) is 0 Å². The summed E-state index contributed by atoms with van der Waals surface area (Å²) < 4.78 is 0. The predicted molar refractivity (Wildman–Crippen MR) is 90.6 cm³/mol. The summed E-state index contributed by atoms with van der Waals surface area (Å²) in [4.78, 5) is 2.87. The van der Waals surface area contributed by atoms with Crippen LogP contribution in [-0.4, -0.2) is 36.6 Å². The zero-order valence-corrected chi connectivity index (χ0v) is 14.4. The molecule has 3 rings (SSSR count). The van der Waals surface area contributed by atoms with Gasteiger partial charge in [0.2, 0.25) is 0 Å². The van der Waals surface area contributed by atoms with Crippen molar-refractivity contribution in [2.75, 3.05) is 19.6 Å². The van der Waals surface area contributed by atoms with E-state index in [-0.39, 0.29) is 0 Å². The molecule has 1 heterocycles. The Morgan fingerprint density at radius 2 is 1.81 bits per heavy atom. The smallest absolute Gasteiger partial charge is 0.00928 e. The Morgan fingerprint density at radius 3 is 2.48 bits per heavy atom. The van der Waals surface area contributed by atoms with Crippen molar-refractivity contribution in [2.45, 2.75) is 90.1 Å². The molecule has 1 atom stereocenters. The maximum Gasteiger partial charge on any atom is 0.00928 e. The summed E-state index contributed by atoms with van der Waals surface area (Å²) >= 11 is 0. The molecular weight excluding hydrogens is 256 g/mol. The summed E-state index contributed by atoms with van der Waals surface area (Å²) in [6.07, 6.45) is 14.4. The van der Waals surface area contributed by atoms with E-state index in [4.69, 9.17) is 0 Å². The largest absolute Gasteiger partial charge is 0.313 e. The van der Waals surface area contributed by atoms with Crippen LogP contribution in [0.2, 0.25) is 0 Å². The van der Waals surface area contributed by atoms with E-state index in [0.29, 0.717) is 5.41 Å². The Balaban J connectivity index is 1.62. The fraction of sp³-hybridized carbons (Fsp3) is 1.00. The number of nitrogens with one attached hydrogen (secondary N) is 1. The highest BCUT2D eigenvalue weighted by Gasteiger charge is 2.38. The summed E-state index contributed by atoms with van der Waals surface area (Å²) in [5.74, 6) is 0.961. The number of likely N-dealkylation sites (tertiary alicyclic amines) is 1. The van der Waals surface area contributed by atoms with Crippen LogP contribution in [0.25, 0.3) is 0 Å². The Labute approximate surface area is 132 Å². The molecule has 1 unspecified atom stereocenters. The highest BCUT2D eigenvalue weighted by Crippen LogP contribution is 2.41. The average Bonchev–Trinajstić information content (AvgIpc) is 3.33. The molecule has 1 N–H and O–H groups in total. The molecule has 1 saturated heterocycles. The van der Waals surface area contributed by atoms with Gasteiger partial charge in [-0.05, 0) is 62.8 Å². The molecular formula is C19H36N2. The second kappa shape index (κ2) is 7.00. The van der Waals surface area contributed by atoms with Gasteiger partial charge < -0.3 is 5.32 Å². The molecule has 2 saturated carbocycles. The zero-order valence-electron chi connectivity index (χ0n) is 14.4. The SMILES string of the molecule is CCC1CCCCN1CC1(CNC2CC2)CCC(C)CC1. The third-order valence-electron chi connectivity index (χ3n) is 6.44. The lowest BCUT2D eigenvalue weighted by Gasteiger charge is -2.46. The van der Waals surface area contributed by atoms with Gasteiger partial charge in [0.05, 0.1) is 0 Å². The minimum Gasteiger partial charge on any atom is -0.313 e. The van der Waals surface area contributed by atoms with Crippen molar-refractivity contribution in [3.8, 4) is 0 Å². The standard InChI is InChI=1S/C19H36N2/c1-3-18-6-4-5-13-21(18)15-19(14-20-17-7-8-17)11-9-16(2)10-12-19/h16-18,20H,3-15H2,1-2H3. The third kappa shape index (κ3) is 4.22. The van der Waals surface area contributed by atoms with Gasteiger partial charge in [-0.15, -0.1) is 0 Å². The summed E-state index contributed by atoms with van der Waals surface area (Å²) in [5, 5.41) is 3.88. The molecule has 2 nitrogen and oxygen atoms in total. The molecule has 2 aliphatic carbocycles. The van der Waals surface area contributed by atoms with Crippen LogP contribution in [0.15, 0.2) is 0 Å². The van der Waals surface area contributed by atoms with E-state index < -0.39 is 0 Å². The molecule has 0 radical (unpaired) electrons. The van der Waals surface area contributed by atoms with Crippen LogP contribution in [0.3, 0.4) is 0 Å². The van der Waals surface area contributed by atoms with Crippen molar-refractivity contribution >= 4 is 0 Å². The Kier molecular flexibility index (Phi) is 5.27. The van der Waals surface area contributed by atoms with Crippen LogP contribution in [-0.2, 0) is 0 Å². The van der Waals surface area contributed by atoms with Gasteiger partial charge in [-0.3, -0.25) is 4.90 Å². The van der Waals surface area contributed by atoms with Crippen molar-refractivity contribution < 1.29 is 0 Å². The van der Waals surface area contributed by atoms with Gasteiger partial charge >= 0.3 is 0 Å². The van der Waals surface area contributed by atoms with Crippen molar-refractivity contribution in [3.63, 3.8) is 0 Å². The van der Waals surface area contributed by atoms with Gasteiger partial charge in [-0.1, -0.05) is 33.1 Å². The maximum atomic E-state index is 3.88. The molecule has 3 fully saturated rings. The van der Waals surface area contributed by atoms with Crippen molar-refractivity contribution in [2.24, 2.45) is 11.3 Å². The Bertz CT molecular complexity index is 316. The fourth-order valence-electron chi connectivity index (χ4n) is 4.57. The summed E-state index contributed by atoms with van der Waals surface area (Å²) in [6.45, 7) is 8.86. The van der Waals surface area contributed by atoms with E-state index in [0.717, 1.165) is 18.0 Å². The maximum absolute atomic E-state index is 3.88. The average molecular weight is 293 g/mol. The van der Waals surface area contributed by atoms with E-state index in [1.807, 2.05) is 0 Å². The zero-order chi connectivity index (χ0) is 14.7.